The molecule has 0 aliphatic rings. The molecule has 2 atom stereocenters. The summed E-state index contributed by atoms with van der Waals surface area (Å²) < 4.78 is 19.3. The van der Waals surface area contributed by atoms with Gasteiger partial charge in [-0.15, -0.1) is 0 Å². The van der Waals surface area contributed by atoms with Crippen LogP contribution in [0.25, 0.3) is 0 Å². The normalized spacial score (nSPS) is 12.8. The first-order chi connectivity index (χ1) is 11.3. The van der Waals surface area contributed by atoms with Crippen LogP contribution in [0.4, 0.5) is 0 Å². The van der Waals surface area contributed by atoms with Crippen LogP contribution in [0.3, 0.4) is 0 Å². The second-order valence-corrected chi connectivity index (χ2v) is 7.69. The highest BCUT2D eigenvalue weighted by atomic mass is 32.2. The molecule has 0 aliphatic heterocycles. The van der Waals surface area contributed by atoms with E-state index in [1.165, 1.54) is 0 Å². The van der Waals surface area contributed by atoms with Crippen LogP contribution in [0.2, 0.25) is 0 Å². The van der Waals surface area contributed by atoms with Crippen molar-refractivity contribution in [2.75, 3.05) is 24.8 Å². The van der Waals surface area contributed by atoms with Crippen molar-refractivity contribution in [3.63, 3.8) is 0 Å². The number of carbonyl (C=O) groups excluding carboxylic acids is 2. The molecule has 0 heterocycles. The van der Waals surface area contributed by atoms with E-state index < -0.39 is 52.2 Å². The number of sulfone groups is 1. The Labute approximate surface area is 150 Å². The van der Waals surface area contributed by atoms with Gasteiger partial charge in [0.1, 0.15) is 28.5 Å². The largest absolute Gasteiger partial charge is 0.480 e. The van der Waals surface area contributed by atoms with Crippen LogP contribution in [-0.4, -0.2) is 79.3 Å². The summed E-state index contributed by atoms with van der Waals surface area (Å²) in [5, 5.41) is 21.4. The van der Waals surface area contributed by atoms with Crippen LogP contribution in [0.5, 0.6) is 0 Å². The Bertz CT molecular complexity index is 571. The maximum absolute atomic E-state index is 11.5. The minimum absolute atomic E-state index is 0.0256. The number of amides is 2. The molecular formula is C12H23N3O8S2. The van der Waals surface area contributed by atoms with Crippen LogP contribution < -0.4 is 16.4 Å². The van der Waals surface area contributed by atoms with Gasteiger partial charge in [0.15, 0.2) is 0 Å². The van der Waals surface area contributed by atoms with Gasteiger partial charge in [0.25, 0.3) is 0 Å². The van der Waals surface area contributed by atoms with Crippen LogP contribution in [0.1, 0.15) is 12.8 Å². The second-order valence-electron chi connectivity index (χ2n) is 5.04. The molecule has 0 aromatic carbocycles. The first-order valence-corrected chi connectivity index (χ1v) is 9.74. The number of carboxylic acids is 2. The van der Waals surface area contributed by atoms with E-state index in [9.17, 15) is 27.6 Å². The van der Waals surface area contributed by atoms with Gasteiger partial charge in [0.2, 0.25) is 11.8 Å². The molecule has 0 saturated heterocycles. The molecule has 2 amide bonds. The summed E-state index contributed by atoms with van der Waals surface area (Å²) >= 11 is 3.87. The van der Waals surface area contributed by atoms with Crippen LogP contribution in [0.15, 0.2) is 0 Å². The Hall–Kier alpha value is -1.86. The van der Waals surface area contributed by atoms with E-state index in [4.69, 9.17) is 15.9 Å². The maximum Gasteiger partial charge on any atom is 0.322 e. The number of hydrogen-bond acceptors (Lipinski definition) is 8. The molecule has 6 N–H and O–H groups in total. The van der Waals surface area contributed by atoms with Gasteiger partial charge in [0, 0.05) is 24.7 Å². The lowest BCUT2D eigenvalue weighted by molar-refractivity contribution is -0.139. The van der Waals surface area contributed by atoms with Crippen molar-refractivity contribution in [1.29, 1.82) is 0 Å². The van der Waals surface area contributed by atoms with E-state index in [2.05, 4.69) is 23.3 Å². The van der Waals surface area contributed by atoms with Crippen molar-refractivity contribution < 1.29 is 37.8 Å². The quantitative estimate of drug-likeness (QED) is 0.226. The Morgan fingerprint density at radius 3 is 2.00 bits per heavy atom. The summed E-state index contributed by atoms with van der Waals surface area (Å²) in [6.45, 7) is -0.567. The van der Waals surface area contributed by atoms with Gasteiger partial charge >= 0.3 is 11.9 Å². The molecule has 146 valence electrons. The SMILES string of the molecule is CS(C)(=O)=O.N[C@@H](CCC(=O)N[C@@H](CS)C(=O)NCC(=O)O)C(=O)O. The van der Waals surface area contributed by atoms with Crippen molar-refractivity contribution in [2.45, 2.75) is 24.9 Å². The summed E-state index contributed by atoms with van der Waals surface area (Å²) in [6, 6.07) is -2.15. The van der Waals surface area contributed by atoms with Gasteiger partial charge in [-0.05, 0) is 6.42 Å². The summed E-state index contributed by atoms with van der Waals surface area (Å²) in [4.78, 5) is 43.7. The standard InChI is InChI=1S/C10H17N3O6S.C2H6O2S/c11-5(10(18)19)1-2-7(14)13-6(4-20)9(17)12-3-8(15)16;1-5(2,3)4/h5-6,20H,1-4,11H2,(H,12,17)(H,13,14)(H,15,16)(H,18,19);1-2H3/t5-,6-;/m0./s1. The van der Waals surface area contributed by atoms with E-state index in [-0.39, 0.29) is 18.6 Å². The number of nitrogens with two attached hydrogens (primary N) is 1. The first-order valence-electron chi connectivity index (χ1n) is 6.81. The lowest BCUT2D eigenvalue weighted by atomic mass is 10.1. The number of rotatable bonds is 9. The molecule has 0 saturated carbocycles. The number of thiol groups is 1. The predicted octanol–water partition coefficient (Wildman–Crippen LogP) is -2.55. The smallest absolute Gasteiger partial charge is 0.322 e. The van der Waals surface area contributed by atoms with Gasteiger partial charge in [-0.2, -0.15) is 12.6 Å². The Morgan fingerprint density at radius 2 is 1.64 bits per heavy atom. The third kappa shape index (κ3) is 18.3. The highest BCUT2D eigenvalue weighted by Crippen LogP contribution is 1.97. The highest BCUT2D eigenvalue weighted by molar-refractivity contribution is 7.89. The molecule has 0 spiro atoms. The van der Waals surface area contributed by atoms with Crippen molar-refractivity contribution >= 4 is 46.2 Å². The lowest BCUT2D eigenvalue weighted by Crippen LogP contribution is -2.49. The second kappa shape index (κ2) is 12.5. The highest BCUT2D eigenvalue weighted by Gasteiger charge is 2.20. The molecule has 0 bridgehead atoms. The zero-order valence-corrected chi connectivity index (χ0v) is 15.5. The Morgan fingerprint density at radius 1 is 1.16 bits per heavy atom. The number of carboxylic acid groups (broad SMARTS) is 2. The summed E-state index contributed by atoms with van der Waals surface area (Å²) in [5.41, 5.74) is 5.23. The van der Waals surface area contributed by atoms with Gasteiger partial charge in [-0.25, -0.2) is 8.42 Å². The van der Waals surface area contributed by atoms with Crippen molar-refractivity contribution in [3.05, 3.63) is 0 Å². The summed E-state index contributed by atoms with van der Waals surface area (Å²) in [7, 11) is -2.67. The minimum atomic E-state index is -2.67. The van der Waals surface area contributed by atoms with Crippen molar-refractivity contribution in [1.82, 2.24) is 10.6 Å². The molecule has 0 aromatic heterocycles. The fourth-order valence-electron chi connectivity index (χ4n) is 1.16. The van der Waals surface area contributed by atoms with Crippen molar-refractivity contribution in [2.24, 2.45) is 5.73 Å². The molecule has 0 unspecified atom stereocenters. The molecule has 11 nitrogen and oxygen atoms in total. The number of nitrogens with one attached hydrogen (secondary N) is 2. The van der Waals surface area contributed by atoms with E-state index in [0.29, 0.717) is 0 Å². The van der Waals surface area contributed by atoms with Crippen LogP contribution in [0, 0.1) is 0 Å². The summed E-state index contributed by atoms with van der Waals surface area (Å²) in [5.74, 6) is -3.70. The number of hydrogen-bond donors (Lipinski definition) is 6. The average molecular weight is 401 g/mol. The van der Waals surface area contributed by atoms with Crippen LogP contribution >= 0.6 is 12.6 Å². The molecule has 25 heavy (non-hydrogen) atoms. The molecule has 0 rings (SSSR count). The lowest BCUT2D eigenvalue weighted by Gasteiger charge is -2.16. The molecule has 0 aromatic rings. The molecular weight excluding hydrogens is 378 g/mol. The number of carbonyl (C=O) groups is 4. The topological polar surface area (TPSA) is 193 Å². The van der Waals surface area contributed by atoms with E-state index in [0.717, 1.165) is 12.5 Å². The molecule has 0 aliphatic carbocycles. The van der Waals surface area contributed by atoms with E-state index in [1.807, 2.05) is 0 Å². The van der Waals surface area contributed by atoms with Gasteiger partial charge in [-0.1, -0.05) is 0 Å². The number of aliphatic carboxylic acids is 2. The first kappa shape index (κ1) is 25.4. The van der Waals surface area contributed by atoms with Gasteiger partial charge in [-0.3, -0.25) is 19.2 Å². The average Bonchev–Trinajstić information content (AvgIpc) is 2.45. The fourth-order valence-corrected chi connectivity index (χ4v) is 1.41. The third-order valence-corrected chi connectivity index (χ3v) is 2.61. The van der Waals surface area contributed by atoms with Crippen LogP contribution in [-0.2, 0) is 29.0 Å². The minimum Gasteiger partial charge on any atom is -0.480 e. The maximum atomic E-state index is 11.5. The summed E-state index contributed by atoms with van der Waals surface area (Å²) in [6.07, 6.45) is 2.08. The predicted molar refractivity (Wildman–Crippen MR) is 92.0 cm³/mol. The van der Waals surface area contributed by atoms with Crippen molar-refractivity contribution in [3.8, 4) is 0 Å². The zero-order chi connectivity index (χ0) is 20.2. The fraction of sp³-hybridized carbons (Fsp3) is 0.667. The van der Waals surface area contributed by atoms with Gasteiger partial charge < -0.3 is 26.6 Å². The molecule has 13 heteroatoms. The monoisotopic (exact) mass is 401 g/mol. The Balaban J connectivity index is 0. The molecule has 0 radical (unpaired) electrons. The van der Waals surface area contributed by atoms with E-state index >= 15 is 0 Å². The molecule has 0 fully saturated rings. The third-order valence-electron chi connectivity index (χ3n) is 2.25. The van der Waals surface area contributed by atoms with Gasteiger partial charge in [0.05, 0.1) is 0 Å². The zero-order valence-electron chi connectivity index (χ0n) is 13.8. The van der Waals surface area contributed by atoms with E-state index in [1.54, 1.807) is 0 Å². The Kier molecular flexibility index (Phi) is 12.7.